The van der Waals surface area contributed by atoms with Gasteiger partial charge in [-0.15, -0.1) is 0 Å². The van der Waals surface area contributed by atoms with Crippen LogP contribution in [-0.2, 0) is 11.2 Å². The molecule has 0 bridgehead atoms. The number of pyridine rings is 1. The predicted molar refractivity (Wildman–Crippen MR) is 201 cm³/mol. The highest BCUT2D eigenvalue weighted by atomic mass is 16.5. The van der Waals surface area contributed by atoms with Gasteiger partial charge in [0.2, 0.25) is 5.90 Å². The Kier molecular flexibility index (Phi) is 6.02. The van der Waals surface area contributed by atoms with Crippen molar-refractivity contribution in [3.63, 3.8) is 0 Å². The molecule has 5 aromatic carbocycles. The molecule has 0 N–H and O–H groups in total. The molecule has 3 aromatic heterocycles. The smallest absolute Gasteiger partial charge is 0.217 e. The van der Waals surface area contributed by atoms with Crippen LogP contribution in [0.15, 0.2) is 114 Å². The van der Waals surface area contributed by atoms with E-state index in [0.29, 0.717) is 0 Å². The number of rotatable bonds is 3. The summed E-state index contributed by atoms with van der Waals surface area (Å²) in [5.74, 6) is 0.748. The molecule has 0 unspecified atom stereocenters. The van der Waals surface area contributed by atoms with Gasteiger partial charge in [0.05, 0.1) is 16.6 Å². The van der Waals surface area contributed by atoms with Gasteiger partial charge in [-0.25, -0.2) is 9.98 Å². The topological polar surface area (TPSA) is 44.3 Å². The SMILES string of the molecule is Cc1cc(C2=N[C@@H]3c4cccc(C)c4CC[C@@H]3O2)cc(-n2c3ccc(C)cc3c3ccc(-n4c5ccc(C)cc5c5cccnc54)cc32)c1. The molecule has 0 radical (unpaired) electrons. The van der Waals surface area contributed by atoms with E-state index in [2.05, 4.69) is 134 Å². The predicted octanol–water partition coefficient (Wildman–Crippen LogP) is 10.3. The third-order valence-corrected chi connectivity index (χ3v) is 10.7. The highest BCUT2D eigenvalue weighted by molar-refractivity contribution is 6.12. The zero-order valence-electron chi connectivity index (χ0n) is 28.2. The maximum Gasteiger partial charge on any atom is 0.217 e. The van der Waals surface area contributed by atoms with E-state index in [9.17, 15) is 0 Å². The van der Waals surface area contributed by atoms with Gasteiger partial charge in [0.15, 0.2) is 0 Å². The van der Waals surface area contributed by atoms with Crippen molar-refractivity contribution in [3.8, 4) is 11.4 Å². The van der Waals surface area contributed by atoms with Crippen LogP contribution in [0.1, 0.15) is 51.4 Å². The molecule has 0 saturated heterocycles. The molecule has 5 nitrogen and oxygen atoms in total. The first-order valence-corrected chi connectivity index (χ1v) is 17.3. The fourth-order valence-electron chi connectivity index (χ4n) is 8.48. The van der Waals surface area contributed by atoms with Gasteiger partial charge in [0, 0.05) is 44.7 Å². The summed E-state index contributed by atoms with van der Waals surface area (Å²) < 4.78 is 11.4. The molecule has 2 aliphatic rings. The van der Waals surface area contributed by atoms with Crippen LogP contribution in [0.4, 0.5) is 0 Å². The average molecular weight is 637 g/mol. The lowest BCUT2D eigenvalue weighted by atomic mass is 9.84. The van der Waals surface area contributed by atoms with E-state index in [4.69, 9.17) is 14.7 Å². The molecule has 1 aliphatic carbocycles. The quantitative estimate of drug-likeness (QED) is 0.194. The Hall–Kier alpha value is -5.68. The van der Waals surface area contributed by atoms with Gasteiger partial charge in [-0.2, -0.15) is 0 Å². The number of hydrogen-bond donors (Lipinski definition) is 0. The minimum absolute atomic E-state index is 0.0463. The Labute approximate surface area is 285 Å². The van der Waals surface area contributed by atoms with Crippen molar-refractivity contribution in [2.45, 2.75) is 52.7 Å². The number of aryl methyl sites for hydroxylation is 4. The van der Waals surface area contributed by atoms with Gasteiger partial charge in [-0.05, 0) is 130 Å². The van der Waals surface area contributed by atoms with Crippen LogP contribution in [0.2, 0.25) is 0 Å². The molecule has 0 fully saturated rings. The van der Waals surface area contributed by atoms with E-state index in [1.165, 1.54) is 55.1 Å². The summed E-state index contributed by atoms with van der Waals surface area (Å²) in [5, 5.41) is 4.85. The second kappa shape index (κ2) is 10.4. The molecule has 4 heterocycles. The number of fused-ring (bicyclic) bond motifs is 9. The second-order valence-electron chi connectivity index (χ2n) is 14.1. The van der Waals surface area contributed by atoms with Crippen molar-refractivity contribution in [1.82, 2.24) is 14.1 Å². The molecule has 2 atom stereocenters. The Morgan fingerprint density at radius 1 is 0.633 bits per heavy atom. The van der Waals surface area contributed by atoms with Crippen LogP contribution in [0, 0.1) is 27.7 Å². The lowest BCUT2D eigenvalue weighted by Crippen LogP contribution is -2.23. The minimum Gasteiger partial charge on any atom is -0.471 e. The van der Waals surface area contributed by atoms with Crippen LogP contribution in [0.3, 0.4) is 0 Å². The van der Waals surface area contributed by atoms with Crippen molar-refractivity contribution >= 4 is 49.6 Å². The molecule has 0 amide bonds. The molecular formula is C44H36N4O. The summed E-state index contributed by atoms with van der Waals surface area (Å²) >= 11 is 0. The minimum atomic E-state index is 0.0463. The zero-order chi connectivity index (χ0) is 33.0. The summed E-state index contributed by atoms with van der Waals surface area (Å²) in [4.78, 5) is 10.1. The fraction of sp³-hybridized carbons (Fsp3) is 0.182. The van der Waals surface area contributed by atoms with Crippen LogP contribution >= 0.6 is 0 Å². The summed E-state index contributed by atoms with van der Waals surface area (Å²) in [5.41, 5.74) is 15.4. The molecule has 238 valence electrons. The van der Waals surface area contributed by atoms with Gasteiger partial charge in [0.1, 0.15) is 17.8 Å². The van der Waals surface area contributed by atoms with Crippen LogP contribution < -0.4 is 0 Å². The molecule has 5 heteroatoms. The lowest BCUT2D eigenvalue weighted by Gasteiger charge is -2.26. The van der Waals surface area contributed by atoms with E-state index in [1.54, 1.807) is 0 Å². The average Bonchev–Trinajstić information content (AvgIpc) is 3.78. The first-order chi connectivity index (χ1) is 23.9. The largest absolute Gasteiger partial charge is 0.471 e. The zero-order valence-corrected chi connectivity index (χ0v) is 28.2. The van der Waals surface area contributed by atoms with E-state index in [1.807, 2.05) is 12.3 Å². The highest BCUT2D eigenvalue weighted by Gasteiger charge is 2.37. The molecule has 0 spiro atoms. The summed E-state index contributed by atoms with van der Waals surface area (Å²) in [6.45, 7) is 8.70. The first-order valence-electron chi connectivity index (χ1n) is 17.3. The first kappa shape index (κ1) is 28.3. The lowest BCUT2D eigenvalue weighted by molar-refractivity contribution is 0.174. The summed E-state index contributed by atoms with van der Waals surface area (Å²) in [6, 6.07) is 37.9. The van der Waals surface area contributed by atoms with Gasteiger partial charge in [-0.1, -0.05) is 47.5 Å². The second-order valence-corrected chi connectivity index (χ2v) is 14.1. The van der Waals surface area contributed by atoms with Crippen LogP contribution in [0.5, 0.6) is 0 Å². The van der Waals surface area contributed by atoms with Gasteiger partial charge in [-0.3, -0.25) is 4.57 Å². The van der Waals surface area contributed by atoms with Crippen molar-refractivity contribution < 1.29 is 4.74 Å². The Morgan fingerprint density at radius 2 is 1.43 bits per heavy atom. The Morgan fingerprint density at radius 3 is 2.27 bits per heavy atom. The van der Waals surface area contributed by atoms with E-state index < -0.39 is 0 Å². The van der Waals surface area contributed by atoms with Crippen molar-refractivity contribution in [2.24, 2.45) is 4.99 Å². The summed E-state index contributed by atoms with van der Waals surface area (Å²) in [6.07, 6.45) is 3.99. The van der Waals surface area contributed by atoms with E-state index in [-0.39, 0.29) is 12.1 Å². The van der Waals surface area contributed by atoms with Crippen LogP contribution in [-0.4, -0.2) is 26.1 Å². The molecule has 10 rings (SSSR count). The number of nitrogens with zero attached hydrogens (tertiary/aromatic N) is 4. The molecular weight excluding hydrogens is 601 g/mol. The van der Waals surface area contributed by atoms with Crippen molar-refractivity contribution in [1.29, 1.82) is 0 Å². The number of hydrogen-bond acceptors (Lipinski definition) is 3. The maximum absolute atomic E-state index is 6.65. The van der Waals surface area contributed by atoms with E-state index in [0.717, 1.165) is 57.7 Å². The normalized spacial score (nSPS) is 17.1. The number of aliphatic imine (C=N–C) groups is 1. The number of aromatic nitrogens is 3. The standard InChI is InChI=1S/C44H36N4O/c1-25-10-15-38-36(21-25)33-13-12-30(48-39-16-11-26(2)22-37(39)35-9-6-18-45-43(35)48)24-40(33)47(38)31-20-27(3)19-29(23-31)44-46-42-34-8-5-7-28(4)32(34)14-17-41(42)49-44/h5-13,15-16,18-24,41-42H,14,17H2,1-4H3/t41-,42+/m0/s1. The van der Waals surface area contributed by atoms with Gasteiger partial charge >= 0.3 is 0 Å². The van der Waals surface area contributed by atoms with Crippen LogP contribution in [0.25, 0.3) is 55.1 Å². The molecule has 8 aromatic rings. The van der Waals surface area contributed by atoms with Crippen molar-refractivity contribution in [3.05, 3.63) is 148 Å². The van der Waals surface area contributed by atoms with Gasteiger partial charge in [0.25, 0.3) is 0 Å². The van der Waals surface area contributed by atoms with Crippen molar-refractivity contribution in [2.75, 3.05) is 0 Å². The number of ether oxygens (including phenoxy) is 1. The molecule has 0 saturated carbocycles. The highest BCUT2D eigenvalue weighted by Crippen LogP contribution is 2.42. The van der Waals surface area contributed by atoms with E-state index >= 15 is 0 Å². The number of benzene rings is 5. The molecule has 49 heavy (non-hydrogen) atoms. The maximum atomic E-state index is 6.65. The van der Waals surface area contributed by atoms with Gasteiger partial charge < -0.3 is 9.30 Å². The molecule has 1 aliphatic heterocycles. The third-order valence-electron chi connectivity index (χ3n) is 10.7. The third kappa shape index (κ3) is 4.24. The monoisotopic (exact) mass is 636 g/mol. The Bertz CT molecular complexity index is 2710. The Balaban J connectivity index is 1.18. The summed E-state index contributed by atoms with van der Waals surface area (Å²) in [7, 11) is 0. The fourth-order valence-corrected chi connectivity index (χ4v) is 8.48.